The molecule has 1 aromatic heterocycles. The van der Waals surface area contributed by atoms with Crippen LogP contribution in [0.1, 0.15) is 16.2 Å². The highest BCUT2D eigenvalue weighted by Crippen LogP contribution is 2.16. The predicted molar refractivity (Wildman–Crippen MR) is 55.7 cm³/mol. The van der Waals surface area contributed by atoms with Gasteiger partial charge in [-0.05, 0) is 6.92 Å². The van der Waals surface area contributed by atoms with Crippen molar-refractivity contribution in [1.29, 1.82) is 0 Å². The minimum Gasteiger partial charge on any atom is -0.458 e. The van der Waals surface area contributed by atoms with Gasteiger partial charge in [0.2, 0.25) is 0 Å². The number of nitrogen functional groups attached to an aromatic ring is 1. The lowest BCUT2D eigenvalue weighted by molar-refractivity contribution is 0.00860. The van der Waals surface area contributed by atoms with Crippen LogP contribution in [0, 0.1) is 6.92 Å². The molecule has 1 atom stereocenters. The van der Waals surface area contributed by atoms with E-state index in [9.17, 15) is 4.79 Å². The molecule has 1 heterocycles. The SMILES string of the molecule is Cc1nn(C)c(C(=O)OCC(O)CO)c1N. The fraction of sp³-hybridized carbons (Fsp3) is 0.556. The second-order valence-corrected chi connectivity index (χ2v) is 3.41. The molecule has 0 aliphatic rings. The van der Waals surface area contributed by atoms with Crippen molar-refractivity contribution in [3.8, 4) is 0 Å². The van der Waals surface area contributed by atoms with Gasteiger partial charge >= 0.3 is 5.97 Å². The third kappa shape index (κ3) is 2.50. The second kappa shape index (κ2) is 4.95. The van der Waals surface area contributed by atoms with E-state index in [4.69, 9.17) is 20.7 Å². The van der Waals surface area contributed by atoms with Gasteiger partial charge in [-0.1, -0.05) is 0 Å². The van der Waals surface area contributed by atoms with Crippen molar-refractivity contribution in [2.75, 3.05) is 18.9 Å². The van der Waals surface area contributed by atoms with Crippen LogP contribution in [-0.4, -0.2) is 45.3 Å². The van der Waals surface area contributed by atoms with Crippen molar-refractivity contribution < 1.29 is 19.7 Å². The monoisotopic (exact) mass is 229 g/mol. The van der Waals surface area contributed by atoms with E-state index in [2.05, 4.69) is 5.10 Å². The molecule has 0 aromatic carbocycles. The maximum Gasteiger partial charge on any atom is 0.358 e. The number of aryl methyl sites for hydroxylation is 2. The number of nitrogens with two attached hydrogens (primary N) is 1. The number of aliphatic hydroxyl groups excluding tert-OH is 2. The topological polar surface area (TPSA) is 111 Å². The molecule has 1 rings (SSSR count). The molecule has 0 aliphatic carbocycles. The highest BCUT2D eigenvalue weighted by molar-refractivity contribution is 5.93. The number of aliphatic hydroxyl groups is 2. The Labute approximate surface area is 92.4 Å². The van der Waals surface area contributed by atoms with E-state index in [1.165, 1.54) is 4.68 Å². The normalized spacial score (nSPS) is 12.5. The van der Waals surface area contributed by atoms with Crippen LogP contribution in [0.25, 0.3) is 0 Å². The van der Waals surface area contributed by atoms with Crippen LogP contribution < -0.4 is 5.73 Å². The molecule has 16 heavy (non-hydrogen) atoms. The van der Waals surface area contributed by atoms with E-state index in [1.807, 2.05) is 0 Å². The number of nitrogens with zero attached hydrogens (tertiary/aromatic N) is 2. The average Bonchev–Trinajstić information content (AvgIpc) is 2.49. The number of hydrogen-bond acceptors (Lipinski definition) is 6. The molecule has 90 valence electrons. The Hall–Kier alpha value is -1.60. The van der Waals surface area contributed by atoms with Gasteiger partial charge in [-0.2, -0.15) is 5.10 Å². The first-order valence-electron chi connectivity index (χ1n) is 4.72. The van der Waals surface area contributed by atoms with Gasteiger partial charge in [0.05, 0.1) is 18.0 Å². The molecular formula is C9H15N3O4. The molecule has 0 bridgehead atoms. The Morgan fingerprint density at radius 3 is 2.75 bits per heavy atom. The minimum atomic E-state index is -1.08. The number of carbonyl (C=O) groups excluding carboxylic acids is 1. The van der Waals surface area contributed by atoms with Gasteiger partial charge in [0.1, 0.15) is 12.7 Å². The molecule has 7 heteroatoms. The van der Waals surface area contributed by atoms with Gasteiger partial charge < -0.3 is 20.7 Å². The van der Waals surface area contributed by atoms with E-state index in [-0.39, 0.29) is 18.0 Å². The van der Waals surface area contributed by atoms with Crippen LogP contribution in [0.2, 0.25) is 0 Å². The molecule has 0 aliphatic heterocycles. The summed E-state index contributed by atoms with van der Waals surface area (Å²) >= 11 is 0. The number of ether oxygens (including phenoxy) is 1. The molecule has 4 N–H and O–H groups in total. The van der Waals surface area contributed by atoms with Crippen LogP contribution in [0.15, 0.2) is 0 Å². The standard InChI is InChI=1S/C9H15N3O4/c1-5-7(10)8(12(2)11-5)9(15)16-4-6(14)3-13/h6,13-14H,3-4,10H2,1-2H3. The first-order chi connectivity index (χ1) is 7.47. The lowest BCUT2D eigenvalue weighted by Crippen LogP contribution is -2.23. The Morgan fingerprint density at radius 2 is 2.31 bits per heavy atom. The van der Waals surface area contributed by atoms with Crippen molar-refractivity contribution in [3.05, 3.63) is 11.4 Å². The van der Waals surface area contributed by atoms with Crippen LogP contribution in [0.4, 0.5) is 5.69 Å². The zero-order valence-corrected chi connectivity index (χ0v) is 9.17. The summed E-state index contributed by atoms with van der Waals surface area (Å²) in [6.45, 7) is 0.931. The maximum absolute atomic E-state index is 11.6. The quantitative estimate of drug-likeness (QED) is 0.560. The van der Waals surface area contributed by atoms with Gasteiger partial charge in [-0.15, -0.1) is 0 Å². The summed E-state index contributed by atoms with van der Waals surface area (Å²) in [5.74, 6) is -0.673. The van der Waals surface area contributed by atoms with Gasteiger partial charge in [0.25, 0.3) is 0 Å². The summed E-state index contributed by atoms with van der Waals surface area (Å²) in [6.07, 6.45) is -1.08. The maximum atomic E-state index is 11.6. The number of esters is 1. The van der Waals surface area contributed by atoms with Gasteiger partial charge in [0.15, 0.2) is 5.69 Å². The lowest BCUT2D eigenvalue weighted by atomic mass is 10.3. The Bertz CT molecular complexity index is 388. The predicted octanol–water partition coefficient (Wildman–Crippen LogP) is -1.18. The fourth-order valence-corrected chi connectivity index (χ4v) is 1.21. The van der Waals surface area contributed by atoms with E-state index < -0.39 is 18.7 Å². The van der Waals surface area contributed by atoms with Gasteiger partial charge in [0, 0.05) is 7.05 Å². The van der Waals surface area contributed by atoms with Crippen molar-refractivity contribution in [2.24, 2.45) is 7.05 Å². The zero-order valence-electron chi connectivity index (χ0n) is 9.17. The Kier molecular flexibility index (Phi) is 3.86. The van der Waals surface area contributed by atoms with Crippen LogP contribution >= 0.6 is 0 Å². The summed E-state index contributed by atoms with van der Waals surface area (Å²) in [5.41, 5.74) is 6.58. The second-order valence-electron chi connectivity index (χ2n) is 3.41. The van der Waals surface area contributed by atoms with Crippen molar-refractivity contribution in [3.63, 3.8) is 0 Å². The minimum absolute atomic E-state index is 0.141. The fourth-order valence-electron chi connectivity index (χ4n) is 1.21. The highest BCUT2D eigenvalue weighted by Gasteiger charge is 2.20. The largest absolute Gasteiger partial charge is 0.458 e. The van der Waals surface area contributed by atoms with Crippen LogP contribution in [0.3, 0.4) is 0 Å². The lowest BCUT2D eigenvalue weighted by Gasteiger charge is -2.08. The number of anilines is 1. The molecule has 0 saturated heterocycles. The number of aromatic nitrogens is 2. The number of hydrogen-bond donors (Lipinski definition) is 3. The molecule has 0 saturated carbocycles. The Balaban J connectivity index is 2.73. The molecule has 0 spiro atoms. The van der Waals surface area contributed by atoms with E-state index >= 15 is 0 Å². The summed E-state index contributed by atoms with van der Waals surface area (Å²) < 4.78 is 6.08. The van der Waals surface area contributed by atoms with E-state index in [0.29, 0.717) is 5.69 Å². The summed E-state index contributed by atoms with van der Waals surface area (Å²) in [6, 6.07) is 0. The highest BCUT2D eigenvalue weighted by atomic mass is 16.5. The van der Waals surface area contributed by atoms with Crippen LogP contribution in [0.5, 0.6) is 0 Å². The average molecular weight is 229 g/mol. The van der Waals surface area contributed by atoms with E-state index in [0.717, 1.165) is 0 Å². The van der Waals surface area contributed by atoms with Crippen molar-refractivity contribution >= 4 is 11.7 Å². The summed E-state index contributed by atoms with van der Waals surface area (Å²) in [7, 11) is 1.57. The molecule has 0 radical (unpaired) electrons. The third-order valence-electron chi connectivity index (χ3n) is 2.08. The number of carbonyl (C=O) groups is 1. The number of rotatable bonds is 4. The third-order valence-corrected chi connectivity index (χ3v) is 2.08. The van der Waals surface area contributed by atoms with Gasteiger partial charge in [-0.25, -0.2) is 4.79 Å². The molecule has 0 fully saturated rings. The van der Waals surface area contributed by atoms with E-state index in [1.54, 1.807) is 14.0 Å². The molecular weight excluding hydrogens is 214 g/mol. The first-order valence-corrected chi connectivity index (χ1v) is 4.72. The van der Waals surface area contributed by atoms with Crippen molar-refractivity contribution in [1.82, 2.24) is 9.78 Å². The smallest absolute Gasteiger partial charge is 0.358 e. The summed E-state index contributed by atoms with van der Waals surface area (Å²) in [4.78, 5) is 11.6. The first kappa shape index (κ1) is 12.5. The van der Waals surface area contributed by atoms with Crippen molar-refractivity contribution in [2.45, 2.75) is 13.0 Å². The molecule has 0 amide bonds. The molecule has 1 aromatic rings. The summed E-state index contributed by atoms with van der Waals surface area (Å²) in [5, 5.41) is 21.5. The zero-order chi connectivity index (χ0) is 12.3. The van der Waals surface area contributed by atoms with Crippen LogP contribution in [-0.2, 0) is 11.8 Å². The van der Waals surface area contributed by atoms with Gasteiger partial charge in [-0.3, -0.25) is 4.68 Å². The molecule has 1 unspecified atom stereocenters. The molecule has 7 nitrogen and oxygen atoms in total. The Morgan fingerprint density at radius 1 is 1.69 bits per heavy atom.